The highest BCUT2D eigenvalue weighted by atomic mass is 16.2. The zero-order valence-electron chi connectivity index (χ0n) is 14.4. The Kier molecular flexibility index (Phi) is 5.04. The molecule has 0 bridgehead atoms. The van der Waals surface area contributed by atoms with E-state index in [2.05, 4.69) is 32.1 Å². The van der Waals surface area contributed by atoms with Crippen LogP contribution < -0.4 is 10.2 Å². The van der Waals surface area contributed by atoms with Crippen molar-refractivity contribution in [3.8, 4) is 0 Å². The Morgan fingerprint density at radius 3 is 2.48 bits per heavy atom. The molecular formula is C18H21N5O2. The number of Topliss-reactive ketones (excluding diaryl/α,β-unsaturated/α-hetero) is 1. The lowest BCUT2D eigenvalue weighted by Gasteiger charge is -2.32. The predicted molar refractivity (Wildman–Crippen MR) is 96.1 cm³/mol. The Labute approximate surface area is 146 Å². The van der Waals surface area contributed by atoms with Gasteiger partial charge < -0.3 is 15.1 Å². The lowest BCUT2D eigenvalue weighted by molar-refractivity contribution is 0.100. The van der Waals surface area contributed by atoms with E-state index in [0.29, 0.717) is 11.3 Å². The van der Waals surface area contributed by atoms with E-state index in [-0.39, 0.29) is 17.4 Å². The highest BCUT2D eigenvalue weighted by molar-refractivity contribution is 6.03. The number of amides is 1. The summed E-state index contributed by atoms with van der Waals surface area (Å²) in [7, 11) is 2.09. The molecule has 0 unspecified atom stereocenters. The van der Waals surface area contributed by atoms with Crippen LogP contribution in [0.3, 0.4) is 0 Å². The molecule has 0 aliphatic carbocycles. The molecule has 7 heteroatoms. The number of hydrogen-bond donors (Lipinski definition) is 1. The number of ketones is 1. The maximum Gasteiger partial charge on any atom is 0.275 e. The van der Waals surface area contributed by atoms with Crippen LogP contribution in [0.15, 0.2) is 36.7 Å². The van der Waals surface area contributed by atoms with Crippen LogP contribution in [0, 0.1) is 0 Å². The zero-order chi connectivity index (χ0) is 17.8. The average Bonchev–Trinajstić information content (AvgIpc) is 2.63. The molecule has 1 aromatic carbocycles. The molecule has 3 rings (SSSR count). The summed E-state index contributed by atoms with van der Waals surface area (Å²) in [6.07, 6.45) is 3.12. The van der Waals surface area contributed by atoms with Gasteiger partial charge in [0, 0.05) is 37.4 Å². The molecule has 0 spiro atoms. The number of aromatic nitrogens is 2. The van der Waals surface area contributed by atoms with Gasteiger partial charge in [0.25, 0.3) is 5.91 Å². The summed E-state index contributed by atoms with van der Waals surface area (Å²) in [5, 5.41) is 2.74. The van der Waals surface area contributed by atoms with Gasteiger partial charge in [0.2, 0.25) is 0 Å². The topological polar surface area (TPSA) is 78.4 Å². The highest BCUT2D eigenvalue weighted by Gasteiger charge is 2.16. The summed E-state index contributed by atoms with van der Waals surface area (Å²) >= 11 is 0. The van der Waals surface area contributed by atoms with Crippen molar-refractivity contribution < 1.29 is 9.59 Å². The molecule has 0 radical (unpaired) electrons. The summed E-state index contributed by atoms with van der Waals surface area (Å²) < 4.78 is 0. The maximum absolute atomic E-state index is 12.3. The van der Waals surface area contributed by atoms with Gasteiger partial charge in [-0.3, -0.25) is 9.59 Å². The molecule has 2 heterocycles. The molecule has 1 saturated heterocycles. The number of carbonyl (C=O) groups is 2. The third-order valence-corrected chi connectivity index (χ3v) is 4.23. The number of anilines is 2. The molecular weight excluding hydrogens is 318 g/mol. The van der Waals surface area contributed by atoms with E-state index in [4.69, 9.17) is 0 Å². The Morgan fingerprint density at radius 1 is 1.08 bits per heavy atom. The summed E-state index contributed by atoms with van der Waals surface area (Å²) in [4.78, 5) is 36.7. The molecule has 25 heavy (non-hydrogen) atoms. The van der Waals surface area contributed by atoms with Crippen LogP contribution in [-0.4, -0.2) is 59.8 Å². The first-order chi connectivity index (χ1) is 12.0. The quantitative estimate of drug-likeness (QED) is 0.854. The second kappa shape index (κ2) is 7.40. The molecule has 1 amide bonds. The van der Waals surface area contributed by atoms with Crippen LogP contribution in [0.1, 0.15) is 27.8 Å². The Balaban J connectivity index is 1.66. The molecule has 1 aliphatic heterocycles. The predicted octanol–water partition coefficient (Wildman–Crippen LogP) is 1.68. The molecule has 130 valence electrons. The van der Waals surface area contributed by atoms with Gasteiger partial charge in [0.1, 0.15) is 11.5 Å². The van der Waals surface area contributed by atoms with Crippen molar-refractivity contribution >= 4 is 23.2 Å². The van der Waals surface area contributed by atoms with Crippen molar-refractivity contribution in [1.82, 2.24) is 14.9 Å². The SMILES string of the molecule is CC(=O)c1cccc(NC(=O)c2cnc(N3CCN(C)CC3)cn2)c1. The molecule has 2 aromatic rings. The van der Waals surface area contributed by atoms with E-state index < -0.39 is 0 Å². The van der Waals surface area contributed by atoms with E-state index >= 15 is 0 Å². The number of hydrogen-bond acceptors (Lipinski definition) is 6. The van der Waals surface area contributed by atoms with Crippen molar-refractivity contribution in [2.24, 2.45) is 0 Å². The van der Waals surface area contributed by atoms with E-state index in [0.717, 1.165) is 32.0 Å². The van der Waals surface area contributed by atoms with E-state index in [1.54, 1.807) is 30.5 Å². The first-order valence-corrected chi connectivity index (χ1v) is 8.21. The van der Waals surface area contributed by atoms with Gasteiger partial charge in [-0.2, -0.15) is 0 Å². The number of benzene rings is 1. The van der Waals surface area contributed by atoms with Crippen molar-refractivity contribution in [3.63, 3.8) is 0 Å². The van der Waals surface area contributed by atoms with Crippen molar-refractivity contribution in [2.45, 2.75) is 6.92 Å². The molecule has 1 N–H and O–H groups in total. The summed E-state index contributed by atoms with van der Waals surface area (Å²) in [6.45, 7) is 5.25. The van der Waals surface area contributed by atoms with E-state index in [9.17, 15) is 9.59 Å². The lowest BCUT2D eigenvalue weighted by Crippen LogP contribution is -2.44. The normalized spacial score (nSPS) is 15.0. The Hall–Kier alpha value is -2.80. The van der Waals surface area contributed by atoms with Crippen LogP contribution in [0.5, 0.6) is 0 Å². The maximum atomic E-state index is 12.3. The Bertz CT molecular complexity index is 767. The second-order valence-corrected chi connectivity index (χ2v) is 6.14. The minimum Gasteiger partial charge on any atom is -0.353 e. The first-order valence-electron chi connectivity index (χ1n) is 8.21. The number of rotatable bonds is 4. The van der Waals surface area contributed by atoms with Gasteiger partial charge in [-0.05, 0) is 26.1 Å². The Morgan fingerprint density at radius 2 is 1.84 bits per heavy atom. The van der Waals surface area contributed by atoms with E-state index in [1.165, 1.54) is 13.1 Å². The second-order valence-electron chi connectivity index (χ2n) is 6.14. The monoisotopic (exact) mass is 339 g/mol. The lowest BCUT2D eigenvalue weighted by atomic mass is 10.1. The highest BCUT2D eigenvalue weighted by Crippen LogP contribution is 2.14. The number of nitrogens with zero attached hydrogens (tertiary/aromatic N) is 4. The summed E-state index contributed by atoms with van der Waals surface area (Å²) in [6, 6.07) is 6.82. The first kappa shape index (κ1) is 17.0. The largest absolute Gasteiger partial charge is 0.353 e. The van der Waals surface area contributed by atoms with Gasteiger partial charge in [-0.25, -0.2) is 9.97 Å². The molecule has 1 aliphatic rings. The van der Waals surface area contributed by atoms with Crippen molar-refractivity contribution in [1.29, 1.82) is 0 Å². The third kappa shape index (κ3) is 4.19. The summed E-state index contributed by atoms with van der Waals surface area (Å²) in [5.41, 5.74) is 1.35. The van der Waals surface area contributed by atoms with Crippen LogP contribution >= 0.6 is 0 Å². The van der Waals surface area contributed by atoms with Crippen LogP contribution in [0.4, 0.5) is 11.5 Å². The fourth-order valence-electron chi connectivity index (χ4n) is 2.65. The summed E-state index contributed by atoms with van der Waals surface area (Å²) in [5.74, 6) is 0.383. The van der Waals surface area contributed by atoms with Gasteiger partial charge in [-0.1, -0.05) is 12.1 Å². The minimum absolute atomic E-state index is 0.0487. The smallest absolute Gasteiger partial charge is 0.275 e. The van der Waals surface area contributed by atoms with Crippen molar-refractivity contribution in [2.75, 3.05) is 43.4 Å². The average molecular weight is 339 g/mol. The number of piperazine rings is 1. The molecule has 0 saturated carbocycles. The fourth-order valence-corrected chi connectivity index (χ4v) is 2.65. The molecule has 7 nitrogen and oxygen atoms in total. The standard InChI is InChI=1S/C18H21N5O2/c1-13(24)14-4-3-5-15(10-14)21-18(25)16-11-20-17(12-19-16)23-8-6-22(2)7-9-23/h3-5,10-12H,6-9H2,1-2H3,(H,21,25). The zero-order valence-corrected chi connectivity index (χ0v) is 14.4. The van der Waals surface area contributed by atoms with Crippen molar-refractivity contribution in [3.05, 3.63) is 47.9 Å². The minimum atomic E-state index is -0.349. The molecule has 1 fully saturated rings. The number of carbonyl (C=O) groups excluding carboxylic acids is 2. The third-order valence-electron chi connectivity index (χ3n) is 4.23. The van der Waals surface area contributed by atoms with Gasteiger partial charge >= 0.3 is 0 Å². The van der Waals surface area contributed by atoms with Gasteiger partial charge in [0.05, 0.1) is 12.4 Å². The molecule has 1 aromatic heterocycles. The van der Waals surface area contributed by atoms with Crippen LogP contribution in [0.25, 0.3) is 0 Å². The number of nitrogens with one attached hydrogen (secondary N) is 1. The van der Waals surface area contributed by atoms with E-state index in [1.807, 2.05) is 0 Å². The van der Waals surface area contributed by atoms with Crippen LogP contribution in [0.2, 0.25) is 0 Å². The van der Waals surface area contributed by atoms with Crippen LogP contribution in [-0.2, 0) is 0 Å². The number of likely N-dealkylation sites (N-methyl/N-ethyl adjacent to an activating group) is 1. The fraction of sp³-hybridized carbons (Fsp3) is 0.333. The molecule has 0 atom stereocenters. The van der Waals surface area contributed by atoms with Gasteiger partial charge in [-0.15, -0.1) is 0 Å². The van der Waals surface area contributed by atoms with Gasteiger partial charge in [0.15, 0.2) is 5.78 Å².